The van der Waals surface area contributed by atoms with Gasteiger partial charge in [0.25, 0.3) is 0 Å². The average molecular weight is 322 g/mol. The van der Waals surface area contributed by atoms with Gasteiger partial charge in [-0.05, 0) is 47.4 Å². The average Bonchev–Trinajstić information content (AvgIpc) is 2.54. The molecule has 0 aliphatic carbocycles. The summed E-state index contributed by atoms with van der Waals surface area (Å²) in [5, 5.41) is 5.46. The molecule has 4 nitrogen and oxygen atoms in total. The molecule has 0 bridgehead atoms. The second kappa shape index (κ2) is 8.11. The highest BCUT2D eigenvalue weighted by molar-refractivity contribution is 6.02. The van der Waals surface area contributed by atoms with Crippen LogP contribution >= 0.6 is 0 Å². The van der Waals surface area contributed by atoms with Gasteiger partial charge in [0.05, 0.1) is 0 Å². The molecular formula is C20H22N2O2. The van der Waals surface area contributed by atoms with Crippen molar-refractivity contribution in [1.29, 1.82) is 0 Å². The third-order valence-electron chi connectivity index (χ3n) is 3.50. The van der Waals surface area contributed by atoms with Crippen LogP contribution in [0.2, 0.25) is 0 Å². The van der Waals surface area contributed by atoms with E-state index in [-0.39, 0.29) is 11.8 Å². The molecule has 2 rings (SSSR count). The van der Waals surface area contributed by atoms with E-state index in [0.717, 1.165) is 5.56 Å². The zero-order chi connectivity index (χ0) is 17.5. The number of carbonyl (C=O) groups is 2. The predicted molar refractivity (Wildman–Crippen MR) is 98.9 cm³/mol. The minimum atomic E-state index is -0.199. The monoisotopic (exact) mass is 322 g/mol. The second-order valence-electron chi connectivity index (χ2n) is 5.90. The van der Waals surface area contributed by atoms with Crippen molar-refractivity contribution in [3.05, 3.63) is 65.7 Å². The molecule has 0 aliphatic heterocycles. The molecule has 0 spiro atoms. The first-order valence-corrected chi connectivity index (χ1v) is 7.91. The van der Waals surface area contributed by atoms with E-state index >= 15 is 0 Å². The lowest BCUT2D eigenvalue weighted by Gasteiger charge is -2.05. The van der Waals surface area contributed by atoms with Crippen molar-refractivity contribution < 1.29 is 9.59 Å². The van der Waals surface area contributed by atoms with Crippen LogP contribution in [0.4, 0.5) is 11.4 Å². The van der Waals surface area contributed by atoms with Gasteiger partial charge in [-0.3, -0.25) is 9.59 Å². The molecule has 0 saturated carbocycles. The van der Waals surface area contributed by atoms with E-state index in [1.54, 1.807) is 30.3 Å². The van der Waals surface area contributed by atoms with Gasteiger partial charge in [-0.2, -0.15) is 0 Å². The van der Waals surface area contributed by atoms with Crippen molar-refractivity contribution >= 4 is 29.3 Å². The quantitative estimate of drug-likeness (QED) is 0.801. The smallest absolute Gasteiger partial charge is 0.248 e. The summed E-state index contributed by atoms with van der Waals surface area (Å²) in [4.78, 5) is 22.9. The van der Waals surface area contributed by atoms with Gasteiger partial charge in [0, 0.05) is 24.4 Å². The largest absolute Gasteiger partial charge is 0.326 e. The van der Waals surface area contributed by atoms with Crippen LogP contribution in [0.5, 0.6) is 0 Å². The number of carbonyl (C=O) groups excluding carboxylic acids is 2. The second-order valence-corrected chi connectivity index (χ2v) is 5.90. The van der Waals surface area contributed by atoms with Crippen LogP contribution < -0.4 is 10.6 Å². The van der Waals surface area contributed by atoms with E-state index in [9.17, 15) is 9.59 Å². The fourth-order valence-corrected chi connectivity index (χ4v) is 2.19. The van der Waals surface area contributed by atoms with E-state index in [0.29, 0.717) is 17.3 Å². The fourth-order valence-electron chi connectivity index (χ4n) is 2.19. The molecule has 0 fully saturated rings. The molecule has 4 heteroatoms. The molecule has 0 unspecified atom stereocenters. The van der Waals surface area contributed by atoms with Gasteiger partial charge < -0.3 is 10.6 Å². The zero-order valence-electron chi connectivity index (χ0n) is 14.2. The number of nitrogens with one attached hydrogen (secondary N) is 2. The first-order chi connectivity index (χ1) is 11.4. The van der Waals surface area contributed by atoms with Crippen LogP contribution in [0.15, 0.2) is 54.6 Å². The summed E-state index contributed by atoms with van der Waals surface area (Å²) in [6, 6.07) is 15.1. The van der Waals surface area contributed by atoms with Crippen LogP contribution in [-0.2, 0) is 9.59 Å². The Morgan fingerprint density at radius 1 is 0.875 bits per heavy atom. The molecule has 0 saturated heterocycles. The SMILES string of the molecule is CC(=O)Nc1ccc(NC(=O)C=Cc2ccc(C(C)C)cc2)cc1. The lowest BCUT2D eigenvalue weighted by atomic mass is 10.0. The predicted octanol–water partition coefficient (Wildman–Crippen LogP) is 4.42. The van der Waals surface area contributed by atoms with Crippen molar-refractivity contribution in [1.82, 2.24) is 0 Å². The van der Waals surface area contributed by atoms with Gasteiger partial charge in [0.2, 0.25) is 11.8 Å². The lowest BCUT2D eigenvalue weighted by molar-refractivity contribution is -0.114. The van der Waals surface area contributed by atoms with Crippen LogP contribution in [0, 0.1) is 0 Å². The molecular weight excluding hydrogens is 300 g/mol. The van der Waals surface area contributed by atoms with Crippen molar-refractivity contribution in [2.45, 2.75) is 26.7 Å². The van der Waals surface area contributed by atoms with Crippen LogP contribution in [0.3, 0.4) is 0 Å². The van der Waals surface area contributed by atoms with Crippen molar-refractivity contribution in [2.75, 3.05) is 10.6 Å². The number of anilines is 2. The molecule has 0 atom stereocenters. The van der Waals surface area contributed by atoms with Gasteiger partial charge >= 0.3 is 0 Å². The molecule has 2 amide bonds. The van der Waals surface area contributed by atoms with Crippen molar-refractivity contribution in [2.24, 2.45) is 0 Å². The first-order valence-electron chi connectivity index (χ1n) is 7.91. The first kappa shape index (κ1) is 17.5. The highest BCUT2D eigenvalue weighted by Crippen LogP contribution is 2.16. The topological polar surface area (TPSA) is 58.2 Å². The Kier molecular flexibility index (Phi) is 5.90. The Labute approximate surface area is 142 Å². The fraction of sp³-hybridized carbons (Fsp3) is 0.200. The summed E-state index contributed by atoms with van der Waals surface area (Å²) in [6.07, 6.45) is 3.29. The van der Waals surface area contributed by atoms with Crippen LogP contribution in [0.25, 0.3) is 6.08 Å². The molecule has 124 valence electrons. The highest BCUT2D eigenvalue weighted by atomic mass is 16.2. The zero-order valence-corrected chi connectivity index (χ0v) is 14.2. The van der Waals surface area contributed by atoms with E-state index in [1.165, 1.54) is 18.6 Å². The van der Waals surface area contributed by atoms with Gasteiger partial charge in [-0.1, -0.05) is 38.1 Å². The molecule has 2 N–H and O–H groups in total. The summed E-state index contributed by atoms with van der Waals surface area (Å²) in [5.41, 5.74) is 3.63. The molecule has 0 radical (unpaired) electrons. The minimum Gasteiger partial charge on any atom is -0.326 e. The van der Waals surface area contributed by atoms with Gasteiger partial charge in [0.1, 0.15) is 0 Å². The standard InChI is InChI=1S/C20H22N2O2/c1-14(2)17-7-4-16(5-8-17)6-13-20(24)22-19-11-9-18(10-12-19)21-15(3)23/h4-14H,1-3H3,(H,21,23)(H,22,24). The lowest BCUT2D eigenvalue weighted by Crippen LogP contribution is -2.08. The van der Waals surface area contributed by atoms with E-state index in [1.807, 2.05) is 12.1 Å². The molecule has 24 heavy (non-hydrogen) atoms. The third kappa shape index (κ3) is 5.39. The van der Waals surface area contributed by atoms with Gasteiger partial charge in [-0.15, -0.1) is 0 Å². The number of hydrogen-bond donors (Lipinski definition) is 2. The van der Waals surface area contributed by atoms with Crippen molar-refractivity contribution in [3.63, 3.8) is 0 Å². The van der Waals surface area contributed by atoms with E-state index in [2.05, 4.69) is 36.6 Å². The Bertz CT molecular complexity index is 729. The number of amides is 2. The summed E-state index contributed by atoms with van der Waals surface area (Å²) < 4.78 is 0. The molecule has 0 heterocycles. The summed E-state index contributed by atoms with van der Waals surface area (Å²) in [6.45, 7) is 5.75. The van der Waals surface area contributed by atoms with Gasteiger partial charge in [-0.25, -0.2) is 0 Å². The Morgan fingerprint density at radius 2 is 1.42 bits per heavy atom. The van der Waals surface area contributed by atoms with Crippen LogP contribution in [0.1, 0.15) is 37.8 Å². The van der Waals surface area contributed by atoms with Gasteiger partial charge in [0.15, 0.2) is 0 Å². The normalized spacial score (nSPS) is 10.8. The van der Waals surface area contributed by atoms with E-state index < -0.39 is 0 Å². The summed E-state index contributed by atoms with van der Waals surface area (Å²) in [7, 11) is 0. The van der Waals surface area contributed by atoms with Crippen LogP contribution in [-0.4, -0.2) is 11.8 Å². The number of benzene rings is 2. The maximum Gasteiger partial charge on any atom is 0.248 e. The molecule has 0 aromatic heterocycles. The maximum atomic E-state index is 12.0. The Balaban J connectivity index is 1.93. The Hall–Kier alpha value is -2.88. The molecule has 0 aliphatic rings. The van der Waals surface area contributed by atoms with Crippen molar-refractivity contribution in [3.8, 4) is 0 Å². The molecule has 2 aromatic carbocycles. The molecule has 2 aromatic rings. The number of rotatable bonds is 5. The minimum absolute atomic E-state index is 0.127. The summed E-state index contributed by atoms with van der Waals surface area (Å²) >= 11 is 0. The highest BCUT2D eigenvalue weighted by Gasteiger charge is 2.00. The van der Waals surface area contributed by atoms with E-state index in [4.69, 9.17) is 0 Å². The maximum absolute atomic E-state index is 12.0. The number of hydrogen-bond acceptors (Lipinski definition) is 2. The summed E-state index contributed by atoms with van der Waals surface area (Å²) in [5.74, 6) is 0.167. The third-order valence-corrected chi connectivity index (χ3v) is 3.50. The Morgan fingerprint density at radius 3 is 1.92 bits per heavy atom.